The molecule has 0 aromatic heterocycles. The number of rotatable bonds is 11. The summed E-state index contributed by atoms with van der Waals surface area (Å²) in [6, 6.07) is 5.03. The van der Waals surface area contributed by atoms with Crippen molar-refractivity contribution in [1.82, 2.24) is 15.5 Å². The molecule has 0 aliphatic carbocycles. The Morgan fingerprint density at radius 2 is 1.73 bits per heavy atom. The first-order valence-electron chi connectivity index (χ1n) is 11.2. The molecule has 0 radical (unpaired) electrons. The van der Waals surface area contributed by atoms with Gasteiger partial charge in [-0.2, -0.15) is 0 Å². The fraction of sp³-hybridized carbons (Fsp3) is 0.565. The predicted octanol–water partition coefficient (Wildman–Crippen LogP) is -0.360. The number of benzene rings is 1. The van der Waals surface area contributed by atoms with Gasteiger partial charge in [-0.15, -0.1) is 0 Å². The number of aliphatic carboxylic acids is 1. The number of aliphatic hydroxyl groups excluding tert-OH is 1. The topological polar surface area (TPSA) is 162 Å². The molecule has 1 heterocycles. The fourth-order valence-electron chi connectivity index (χ4n) is 3.89. The lowest BCUT2D eigenvalue weighted by Gasteiger charge is -2.29. The Morgan fingerprint density at radius 1 is 1.09 bits per heavy atom. The maximum absolute atomic E-state index is 13.1. The second kappa shape index (κ2) is 12.3. The van der Waals surface area contributed by atoms with Crippen molar-refractivity contribution in [3.8, 4) is 0 Å². The lowest BCUT2D eigenvalue weighted by molar-refractivity contribution is -0.149. The lowest BCUT2D eigenvalue weighted by Crippen LogP contribution is -2.58. The van der Waals surface area contributed by atoms with E-state index < -0.39 is 54.5 Å². The van der Waals surface area contributed by atoms with Crippen LogP contribution in [0.2, 0.25) is 0 Å². The molecule has 4 atom stereocenters. The van der Waals surface area contributed by atoms with Gasteiger partial charge in [0.1, 0.15) is 18.1 Å². The zero-order valence-electron chi connectivity index (χ0n) is 19.1. The molecule has 4 unspecified atom stereocenters. The number of hydrogen-bond acceptors (Lipinski definition) is 6. The van der Waals surface area contributed by atoms with E-state index in [1.807, 2.05) is 44.2 Å². The van der Waals surface area contributed by atoms with Gasteiger partial charge in [-0.1, -0.05) is 44.2 Å². The second-order valence-electron chi connectivity index (χ2n) is 8.76. The molecule has 1 aromatic carbocycles. The monoisotopic (exact) mass is 462 g/mol. The Balaban J connectivity index is 2.04. The highest BCUT2D eigenvalue weighted by molar-refractivity contribution is 5.94. The van der Waals surface area contributed by atoms with Crippen molar-refractivity contribution in [2.24, 2.45) is 11.7 Å². The number of amides is 3. The Kier molecular flexibility index (Phi) is 9.80. The Labute approximate surface area is 193 Å². The summed E-state index contributed by atoms with van der Waals surface area (Å²) in [5.74, 6) is -2.87. The van der Waals surface area contributed by atoms with E-state index in [-0.39, 0.29) is 18.8 Å². The maximum Gasteiger partial charge on any atom is 0.326 e. The maximum atomic E-state index is 13.1. The van der Waals surface area contributed by atoms with Gasteiger partial charge < -0.3 is 31.5 Å². The van der Waals surface area contributed by atoms with E-state index in [1.54, 1.807) is 0 Å². The van der Waals surface area contributed by atoms with Crippen LogP contribution in [-0.2, 0) is 25.6 Å². The third-order valence-corrected chi connectivity index (χ3v) is 5.59. The van der Waals surface area contributed by atoms with Crippen LogP contribution in [0.5, 0.6) is 0 Å². The molecule has 1 aliphatic rings. The van der Waals surface area contributed by atoms with Gasteiger partial charge in [0.05, 0.1) is 12.6 Å². The van der Waals surface area contributed by atoms with E-state index in [4.69, 9.17) is 5.73 Å². The normalized spacial score (nSPS) is 18.5. The van der Waals surface area contributed by atoms with E-state index in [0.29, 0.717) is 19.4 Å². The van der Waals surface area contributed by atoms with Crippen molar-refractivity contribution in [2.75, 3.05) is 13.2 Å². The molecule has 1 aromatic rings. The number of carboxylic acid groups (broad SMARTS) is 1. The van der Waals surface area contributed by atoms with Gasteiger partial charge >= 0.3 is 5.97 Å². The number of nitrogens with two attached hydrogens (primary N) is 1. The van der Waals surface area contributed by atoms with Crippen molar-refractivity contribution < 1.29 is 29.4 Å². The van der Waals surface area contributed by atoms with Crippen molar-refractivity contribution in [3.05, 3.63) is 35.9 Å². The van der Waals surface area contributed by atoms with Gasteiger partial charge in [-0.3, -0.25) is 14.4 Å². The van der Waals surface area contributed by atoms with Crippen LogP contribution in [0.25, 0.3) is 0 Å². The summed E-state index contributed by atoms with van der Waals surface area (Å²) >= 11 is 0. The zero-order valence-corrected chi connectivity index (χ0v) is 19.1. The largest absolute Gasteiger partial charge is 0.480 e. The van der Waals surface area contributed by atoms with Crippen LogP contribution in [0.3, 0.4) is 0 Å². The van der Waals surface area contributed by atoms with Crippen LogP contribution < -0.4 is 16.4 Å². The number of hydrogen-bond donors (Lipinski definition) is 5. The van der Waals surface area contributed by atoms with Gasteiger partial charge in [0.2, 0.25) is 17.7 Å². The van der Waals surface area contributed by atoms with Crippen LogP contribution in [-0.4, -0.2) is 76.1 Å². The summed E-state index contributed by atoms with van der Waals surface area (Å²) in [7, 11) is 0. The standard InChI is InChI=1S/C23H34N4O6/c1-14(2)11-17(22(31)27-10-6-9-19(27)23(32)33)25-21(30)18(13-28)26-20(29)16(24)12-15-7-4-3-5-8-15/h3-5,7-8,14,16-19,28H,6,9-13,24H2,1-2H3,(H,25,30)(H,26,29)(H,32,33). The number of nitrogens with one attached hydrogen (secondary N) is 2. The molecule has 0 saturated carbocycles. The Hall–Kier alpha value is -2.98. The summed E-state index contributed by atoms with van der Waals surface area (Å²) < 4.78 is 0. The van der Waals surface area contributed by atoms with E-state index in [9.17, 15) is 29.4 Å². The Bertz CT molecular complexity index is 832. The first-order valence-corrected chi connectivity index (χ1v) is 11.2. The SMILES string of the molecule is CC(C)CC(NC(=O)C(CO)NC(=O)C(N)Cc1ccccc1)C(=O)N1CCCC1C(=O)O. The molecule has 1 fully saturated rings. The highest BCUT2D eigenvalue weighted by atomic mass is 16.4. The number of likely N-dealkylation sites (tertiary alicyclic amines) is 1. The van der Waals surface area contributed by atoms with Crippen LogP contribution in [0.4, 0.5) is 0 Å². The summed E-state index contributed by atoms with van der Waals surface area (Å²) in [4.78, 5) is 51.1. The van der Waals surface area contributed by atoms with E-state index in [2.05, 4.69) is 10.6 Å². The lowest BCUT2D eigenvalue weighted by atomic mass is 10.0. The summed E-state index contributed by atoms with van der Waals surface area (Å²) in [6.07, 6.45) is 1.47. The molecular formula is C23H34N4O6. The first-order chi connectivity index (χ1) is 15.6. The molecule has 0 bridgehead atoms. The summed E-state index contributed by atoms with van der Waals surface area (Å²) in [6.45, 7) is 3.37. The molecule has 33 heavy (non-hydrogen) atoms. The third kappa shape index (κ3) is 7.54. The average molecular weight is 463 g/mol. The minimum atomic E-state index is -1.30. The smallest absolute Gasteiger partial charge is 0.326 e. The fourth-order valence-corrected chi connectivity index (χ4v) is 3.89. The quantitative estimate of drug-likeness (QED) is 0.300. The molecule has 182 valence electrons. The molecule has 2 rings (SSSR count). The number of nitrogens with zero attached hydrogens (tertiary/aromatic N) is 1. The van der Waals surface area contributed by atoms with Crippen LogP contribution >= 0.6 is 0 Å². The molecular weight excluding hydrogens is 428 g/mol. The molecule has 1 saturated heterocycles. The van der Waals surface area contributed by atoms with E-state index in [0.717, 1.165) is 5.56 Å². The van der Waals surface area contributed by atoms with Gasteiger partial charge in [0.25, 0.3) is 0 Å². The molecule has 10 heteroatoms. The number of carbonyl (C=O) groups is 4. The molecule has 6 N–H and O–H groups in total. The number of aliphatic hydroxyl groups is 1. The van der Waals surface area contributed by atoms with Crippen molar-refractivity contribution in [3.63, 3.8) is 0 Å². The molecule has 3 amide bonds. The van der Waals surface area contributed by atoms with Crippen molar-refractivity contribution in [1.29, 1.82) is 0 Å². The van der Waals surface area contributed by atoms with Crippen molar-refractivity contribution in [2.45, 2.75) is 63.7 Å². The zero-order chi connectivity index (χ0) is 24.5. The van der Waals surface area contributed by atoms with Gasteiger partial charge in [0, 0.05) is 6.54 Å². The van der Waals surface area contributed by atoms with E-state index in [1.165, 1.54) is 4.90 Å². The molecule has 0 spiro atoms. The average Bonchev–Trinajstić information content (AvgIpc) is 3.27. The predicted molar refractivity (Wildman–Crippen MR) is 121 cm³/mol. The highest BCUT2D eigenvalue weighted by Gasteiger charge is 2.38. The summed E-state index contributed by atoms with van der Waals surface area (Å²) in [5.41, 5.74) is 6.81. The summed E-state index contributed by atoms with van der Waals surface area (Å²) in [5, 5.41) is 24.1. The minimum Gasteiger partial charge on any atom is -0.480 e. The van der Waals surface area contributed by atoms with Gasteiger partial charge in [-0.25, -0.2) is 4.79 Å². The second-order valence-corrected chi connectivity index (χ2v) is 8.76. The molecule has 1 aliphatic heterocycles. The van der Waals surface area contributed by atoms with Crippen LogP contribution in [0.1, 0.15) is 38.7 Å². The van der Waals surface area contributed by atoms with Crippen LogP contribution in [0, 0.1) is 5.92 Å². The Morgan fingerprint density at radius 3 is 2.30 bits per heavy atom. The highest BCUT2D eigenvalue weighted by Crippen LogP contribution is 2.20. The van der Waals surface area contributed by atoms with Gasteiger partial charge in [-0.05, 0) is 37.2 Å². The number of carbonyl (C=O) groups excluding carboxylic acids is 3. The first kappa shape index (κ1) is 26.3. The van der Waals surface area contributed by atoms with Crippen molar-refractivity contribution >= 4 is 23.7 Å². The molecule has 10 nitrogen and oxygen atoms in total. The number of carboxylic acids is 1. The van der Waals surface area contributed by atoms with E-state index >= 15 is 0 Å². The minimum absolute atomic E-state index is 0.0339. The van der Waals surface area contributed by atoms with Gasteiger partial charge in [0.15, 0.2) is 0 Å². The van der Waals surface area contributed by atoms with Crippen LogP contribution in [0.15, 0.2) is 30.3 Å². The third-order valence-electron chi connectivity index (χ3n) is 5.59.